The van der Waals surface area contributed by atoms with E-state index in [1.807, 2.05) is 0 Å². The molecule has 0 heterocycles. The van der Waals surface area contributed by atoms with Gasteiger partial charge in [0, 0.05) is 16.3 Å². The first-order valence-corrected chi connectivity index (χ1v) is 6.92. The first kappa shape index (κ1) is 11.3. The lowest BCUT2D eigenvalue weighted by molar-refractivity contribution is -0.138. The summed E-state index contributed by atoms with van der Waals surface area (Å²) in [6, 6.07) is 6.36. The van der Waals surface area contributed by atoms with E-state index in [1.54, 1.807) is 0 Å². The van der Waals surface area contributed by atoms with E-state index in [0.29, 0.717) is 12.3 Å². The third-order valence-electron chi connectivity index (χ3n) is 4.35. The topological polar surface area (TPSA) is 37.3 Å². The van der Waals surface area contributed by atoms with Crippen LogP contribution in [0.4, 0.5) is 0 Å². The molecule has 1 aromatic rings. The molecule has 0 saturated heterocycles. The number of hydrogen-bond donors (Lipinski definition) is 1. The Labute approximate surface area is 109 Å². The second-order valence-electron chi connectivity index (χ2n) is 5.26. The maximum atomic E-state index is 11.0. The summed E-state index contributed by atoms with van der Waals surface area (Å²) < 4.78 is 1.17. The van der Waals surface area contributed by atoms with Gasteiger partial charge in [-0.1, -0.05) is 28.1 Å². The van der Waals surface area contributed by atoms with Gasteiger partial charge in [0.05, 0.1) is 0 Å². The van der Waals surface area contributed by atoms with Crippen LogP contribution >= 0.6 is 15.9 Å². The summed E-state index contributed by atoms with van der Waals surface area (Å²) in [7, 11) is 0. The van der Waals surface area contributed by atoms with Gasteiger partial charge in [0.1, 0.15) is 0 Å². The molecule has 1 N–H and O–H groups in total. The summed E-state index contributed by atoms with van der Waals surface area (Å²) in [4.78, 5) is 11.0. The molecule has 2 nitrogen and oxygen atoms in total. The number of benzene rings is 1. The quantitative estimate of drug-likeness (QED) is 0.906. The SMILES string of the molecule is O=C(O)CC1CCc2cccc(Br)c2C12CC2. The van der Waals surface area contributed by atoms with Gasteiger partial charge >= 0.3 is 5.97 Å². The highest BCUT2D eigenvalue weighted by atomic mass is 79.9. The second kappa shape index (κ2) is 3.84. The van der Waals surface area contributed by atoms with Crippen molar-refractivity contribution >= 4 is 21.9 Å². The maximum Gasteiger partial charge on any atom is 0.303 e. The van der Waals surface area contributed by atoms with E-state index >= 15 is 0 Å². The second-order valence-corrected chi connectivity index (χ2v) is 6.12. The average molecular weight is 295 g/mol. The van der Waals surface area contributed by atoms with Crippen LogP contribution < -0.4 is 0 Å². The van der Waals surface area contributed by atoms with Crippen molar-refractivity contribution in [2.24, 2.45) is 5.92 Å². The van der Waals surface area contributed by atoms with Crippen molar-refractivity contribution in [2.75, 3.05) is 0 Å². The normalized spacial score (nSPS) is 24.4. The van der Waals surface area contributed by atoms with Crippen LogP contribution in [0, 0.1) is 5.92 Å². The fourth-order valence-corrected chi connectivity index (χ4v) is 4.25. The zero-order valence-corrected chi connectivity index (χ0v) is 11.2. The minimum Gasteiger partial charge on any atom is -0.481 e. The lowest BCUT2D eigenvalue weighted by Crippen LogP contribution is -2.29. The largest absolute Gasteiger partial charge is 0.481 e. The fraction of sp³-hybridized carbons (Fsp3) is 0.500. The summed E-state index contributed by atoms with van der Waals surface area (Å²) in [6.45, 7) is 0. The molecule has 0 radical (unpaired) electrons. The molecule has 0 amide bonds. The van der Waals surface area contributed by atoms with Gasteiger partial charge < -0.3 is 5.11 Å². The van der Waals surface area contributed by atoms with Crippen molar-refractivity contribution in [1.82, 2.24) is 0 Å². The first-order chi connectivity index (χ1) is 8.13. The molecule has 3 heteroatoms. The molecule has 0 aromatic heterocycles. The highest BCUT2D eigenvalue weighted by molar-refractivity contribution is 9.10. The fourth-order valence-electron chi connectivity index (χ4n) is 3.45. The molecular formula is C14H15BrO2. The number of aryl methyl sites for hydroxylation is 1. The highest BCUT2D eigenvalue weighted by Gasteiger charge is 2.54. The number of carboxylic acids is 1. The monoisotopic (exact) mass is 294 g/mol. The standard InChI is InChI=1S/C14H15BrO2/c15-11-3-1-2-9-4-5-10(8-12(16)17)14(6-7-14)13(9)11/h1-3,10H,4-8H2,(H,16,17). The average Bonchev–Trinajstić information content (AvgIpc) is 3.03. The number of fused-ring (bicyclic) bond motifs is 2. The predicted octanol–water partition coefficient (Wildman–Crippen LogP) is 3.52. The van der Waals surface area contributed by atoms with Crippen LogP contribution in [0.2, 0.25) is 0 Å². The lowest BCUT2D eigenvalue weighted by atomic mass is 9.71. The number of rotatable bonds is 2. The molecule has 17 heavy (non-hydrogen) atoms. The molecule has 2 aliphatic rings. The summed E-state index contributed by atoms with van der Waals surface area (Å²) in [5.41, 5.74) is 2.99. The Morgan fingerprint density at radius 3 is 2.88 bits per heavy atom. The van der Waals surface area contributed by atoms with Gasteiger partial charge in [0.25, 0.3) is 0 Å². The smallest absolute Gasteiger partial charge is 0.303 e. The van der Waals surface area contributed by atoms with Crippen molar-refractivity contribution in [3.05, 3.63) is 33.8 Å². The van der Waals surface area contributed by atoms with Crippen LogP contribution in [-0.2, 0) is 16.6 Å². The molecule has 90 valence electrons. The Kier molecular flexibility index (Phi) is 2.54. The summed E-state index contributed by atoms with van der Waals surface area (Å²) in [5.74, 6) is -0.331. The van der Waals surface area contributed by atoms with E-state index in [4.69, 9.17) is 5.11 Å². The molecule has 1 spiro atoms. The molecule has 3 rings (SSSR count). The summed E-state index contributed by atoms with van der Waals surface area (Å²) in [6.07, 6.45) is 4.67. The predicted molar refractivity (Wildman–Crippen MR) is 69.1 cm³/mol. The molecule has 2 aliphatic carbocycles. The Balaban J connectivity index is 2.03. The number of carboxylic acid groups (broad SMARTS) is 1. The molecule has 0 aliphatic heterocycles. The van der Waals surface area contributed by atoms with Gasteiger partial charge in [-0.05, 0) is 48.8 Å². The van der Waals surface area contributed by atoms with Gasteiger partial charge in [-0.25, -0.2) is 0 Å². The zero-order valence-electron chi connectivity index (χ0n) is 9.58. The van der Waals surface area contributed by atoms with E-state index in [9.17, 15) is 4.79 Å². The van der Waals surface area contributed by atoms with Crippen LogP contribution in [0.5, 0.6) is 0 Å². The van der Waals surface area contributed by atoms with E-state index in [1.165, 1.54) is 15.6 Å². The number of hydrogen-bond acceptors (Lipinski definition) is 1. The number of carbonyl (C=O) groups is 1. The third-order valence-corrected chi connectivity index (χ3v) is 5.01. The number of halogens is 1. The minimum atomic E-state index is -0.656. The number of aliphatic carboxylic acids is 1. The van der Waals surface area contributed by atoms with Crippen molar-refractivity contribution in [1.29, 1.82) is 0 Å². The highest BCUT2D eigenvalue weighted by Crippen LogP contribution is 2.61. The zero-order chi connectivity index (χ0) is 12.0. The van der Waals surface area contributed by atoms with E-state index < -0.39 is 5.97 Å². The maximum absolute atomic E-state index is 11.0. The van der Waals surface area contributed by atoms with Gasteiger partial charge in [0.15, 0.2) is 0 Å². The molecule has 1 aromatic carbocycles. The van der Waals surface area contributed by atoms with Crippen molar-refractivity contribution < 1.29 is 9.90 Å². The Hall–Kier alpha value is -0.830. The van der Waals surface area contributed by atoms with Crippen molar-refractivity contribution in [3.63, 3.8) is 0 Å². The minimum absolute atomic E-state index is 0.173. The first-order valence-electron chi connectivity index (χ1n) is 6.13. The van der Waals surface area contributed by atoms with E-state index in [0.717, 1.165) is 25.7 Å². The molecule has 0 bridgehead atoms. The van der Waals surface area contributed by atoms with Crippen LogP contribution in [0.15, 0.2) is 22.7 Å². The molecule has 1 saturated carbocycles. The van der Waals surface area contributed by atoms with E-state index in [2.05, 4.69) is 34.1 Å². The van der Waals surface area contributed by atoms with Crippen molar-refractivity contribution in [3.8, 4) is 0 Å². The van der Waals surface area contributed by atoms with Crippen molar-refractivity contribution in [2.45, 2.75) is 37.5 Å². The summed E-state index contributed by atoms with van der Waals surface area (Å²) >= 11 is 3.64. The van der Waals surface area contributed by atoms with Gasteiger partial charge in [-0.3, -0.25) is 4.79 Å². The van der Waals surface area contributed by atoms with Crippen LogP contribution in [-0.4, -0.2) is 11.1 Å². The van der Waals surface area contributed by atoms with Crippen LogP contribution in [0.25, 0.3) is 0 Å². The van der Waals surface area contributed by atoms with Gasteiger partial charge in [-0.2, -0.15) is 0 Å². The van der Waals surface area contributed by atoms with Crippen LogP contribution in [0.3, 0.4) is 0 Å². The van der Waals surface area contributed by atoms with Gasteiger partial charge in [-0.15, -0.1) is 0 Å². The molecule has 1 fully saturated rings. The Morgan fingerprint density at radius 1 is 1.47 bits per heavy atom. The van der Waals surface area contributed by atoms with E-state index in [-0.39, 0.29) is 5.41 Å². The van der Waals surface area contributed by atoms with Gasteiger partial charge in [0.2, 0.25) is 0 Å². The Bertz CT molecular complexity index is 477. The molecular weight excluding hydrogens is 280 g/mol. The summed E-state index contributed by atoms with van der Waals surface area (Å²) in [5, 5.41) is 9.03. The lowest BCUT2D eigenvalue weighted by Gasteiger charge is -2.34. The molecule has 1 unspecified atom stereocenters. The molecule has 1 atom stereocenters. The Morgan fingerprint density at radius 2 is 2.24 bits per heavy atom. The third kappa shape index (κ3) is 1.71. The van der Waals surface area contributed by atoms with Crippen LogP contribution in [0.1, 0.15) is 36.8 Å².